The zero-order valence-corrected chi connectivity index (χ0v) is 8.34. The van der Waals surface area contributed by atoms with Crippen molar-refractivity contribution in [2.24, 2.45) is 0 Å². The summed E-state index contributed by atoms with van der Waals surface area (Å²) in [5.74, 6) is 0. The fourth-order valence-corrected chi connectivity index (χ4v) is 1.42. The van der Waals surface area contributed by atoms with E-state index in [0.29, 0.717) is 5.56 Å². The number of rotatable bonds is 3. The van der Waals surface area contributed by atoms with Crippen molar-refractivity contribution in [3.63, 3.8) is 0 Å². The molecule has 1 unspecified atom stereocenters. The van der Waals surface area contributed by atoms with Crippen LogP contribution < -0.4 is 0 Å². The van der Waals surface area contributed by atoms with Crippen molar-refractivity contribution in [3.05, 3.63) is 34.3 Å². The highest BCUT2D eigenvalue weighted by atomic mass is 79.9. The van der Waals surface area contributed by atoms with E-state index in [-0.39, 0.29) is 6.42 Å². The minimum absolute atomic E-state index is 0.0287. The molecule has 1 nitrogen and oxygen atoms in total. The Bertz CT molecular complexity index is 278. The molecular weight excluding hydrogens is 242 g/mol. The first-order chi connectivity index (χ1) is 6.11. The van der Waals surface area contributed by atoms with Gasteiger partial charge in [-0.05, 0) is 11.6 Å². The second-order valence-electron chi connectivity index (χ2n) is 2.70. The fourth-order valence-electron chi connectivity index (χ4n) is 0.978. The molecule has 0 saturated heterocycles. The largest absolute Gasteiger partial charge is 0.387 e. The van der Waals surface area contributed by atoms with E-state index in [1.54, 1.807) is 24.3 Å². The summed E-state index contributed by atoms with van der Waals surface area (Å²) in [5.41, 5.74) is 0.690. The summed E-state index contributed by atoms with van der Waals surface area (Å²) in [5, 5.41) is 8.93. The molecule has 0 spiro atoms. The van der Waals surface area contributed by atoms with E-state index in [0.717, 1.165) is 4.47 Å². The van der Waals surface area contributed by atoms with E-state index in [2.05, 4.69) is 15.9 Å². The molecule has 1 aromatic rings. The number of hydrogen-bond acceptors (Lipinski definition) is 1. The Hall–Kier alpha value is -0.480. The molecule has 0 aliphatic heterocycles. The third-order valence-electron chi connectivity index (χ3n) is 1.68. The number of alkyl halides is 2. The Kier molecular flexibility index (Phi) is 3.81. The zero-order valence-electron chi connectivity index (χ0n) is 6.75. The summed E-state index contributed by atoms with van der Waals surface area (Å²) in [4.78, 5) is 0. The summed E-state index contributed by atoms with van der Waals surface area (Å²) >= 11 is 3.22. The summed E-state index contributed by atoms with van der Waals surface area (Å²) in [6.45, 7) is 0. The van der Waals surface area contributed by atoms with Crippen LogP contribution in [0.2, 0.25) is 0 Å². The maximum Gasteiger partial charge on any atom is 0.264 e. The highest BCUT2D eigenvalue weighted by molar-refractivity contribution is 9.10. The lowest BCUT2D eigenvalue weighted by atomic mass is 10.1. The van der Waals surface area contributed by atoms with Gasteiger partial charge in [-0.15, -0.1) is 0 Å². The van der Waals surface area contributed by atoms with Crippen molar-refractivity contribution < 1.29 is 13.9 Å². The van der Waals surface area contributed by atoms with Gasteiger partial charge in [0.25, 0.3) is 6.43 Å². The normalized spacial score (nSPS) is 13.3. The Morgan fingerprint density at radius 3 is 2.46 bits per heavy atom. The molecule has 72 valence electrons. The van der Waals surface area contributed by atoms with Crippen LogP contribution in [0.15, 0.2) is 28.7 Å². The predicted molar refractivity (Wildman–Crippen MR) is 49.9 cm³/mol. The molecule has 1 N–H and O–H groups in total. The molecule has 0 aliphatic carbocycles. The first-order valence-corrected chi connectivity index (χ1v) is 4.60. The number of hydrogen-bond donors (Lipinski definition) is 1. The molecule has 0 bridgehead atoms. The van der Waals surface area contributed by atoms with Crippen LogP contribution in [0.1, 0.15) is 5.56 Å². The summed E-state index contributed by atoms with van der Waals surface area (Å²) in [6, 6.07) is 7.00. The van der Waals surface area contributed by atoms with Gasteiger partial charge in [0.05, 0.1) is 0 Å². The molecule has 1 aromatic carbocycles. The van der Waals surface area contributed by atoms with Crippen LogP contribution >= 0.6 is 15.9 Å². The van der Waals surface area contributed by atoms with Crippen LogP contribution in [0.4, 0.5) is 8.78 Å². The highest BCUT2D eigenvalue weighted by Gasteiger charge is 2.17. The molecule has 0 saturated carbocycles. The van der Waals surface area contributed by atoms with Crippen LogP contribution in [-0.4, -0.2) is 17.6 Å². The SMILES string of the molecule is OC(Cc1ccccc1Br)C(F)F. The van der Waals surface area contributed by atoms with Gasteiger partial charge < -0.3 is 5.11 Å². The average molecular weight is 251 g/mol. The van der Waals surface area contributed by atoms with Crippen molar-refractivity contribution >= 4 is 15.9 Å². The Morgan fingerprint density at radius 1 is 1.31 bits per heavy atom. The van der Waals surface area contributed by atoms with Gasteiger partial charge in [0.1, 0.15) is 6.10 Å². The first kappa shape index (κ1) is 10.6. The predicted octanol–water partition coefficient (Wildman–Crippen LogP) is 2.62. The Labute approximate surface area is 83.5 Å². The lowest BCUT2D eigenvalue weighted by Crippen LogP contribution is -2.20. The first-order valence-electron chi connectivity index (χ1n) is 3.81. The van der Waals surface area contributed by atoms with Gasteiger partial charge >= 0.3 is 0 Å². The molecule has 0 fully saturated rings. The van der Waals surface area contributed by atoms with Crippen molar-refractivity contribution in [3.8, 4) is 0 Å². The molecule has 13 heavy (non-hydrogen) atoms. The van der Waals surface area contributed by atoms with Crippen LogP contribution in [-0.2, 0) is 6.42 Å². The third-order valence-corrected chi connectivity index (χ3v) is 2.45. The monoisotopic (exact) mass is 250 g/mol. The summed E-state index contributed by atoms with van der Waals surface area (Å²) in [7, 11) is 0. The molecule has 0 aliphatic rings. The second kappa shape index (κ2) is 4.67. The van der Waals surface area contributed by atoms with Gasteiger partial charge in [0, 0.05) is 10.9 Å². The number of benzene rings is 1. The van der Waals surface area contributed by atoms with Crippen LogP contribution in [0.25, 0.3) is 0 Å². The molecule has 0 radical (unpaired) electrons. The maximum atomic E-state index is 12.0. The van der Waals surface area contributed by atoms with Crippen LogP contribution in [0, 0.1) is 0 Å². The van der Waals surface area contributed by atoms with Crippen LogP contribution in [0.5, 0.6) is 0 Å². The Morgan fingerprint density at radius 2 is 1.92 bits per heavy atom. The van der Waals surface area contributed by atoms with Crippen LogP contribution in [0.3, 0.4) is 0 Å². The molecule has 0 amide bonds. The van der Waals surface area contributed by atoms with Crippen molar-refractivity contribution in [1.82, 2.24) is 0 Å². The van der Waals surface area contributed by atoms with Gasteiger partial charge in [-0.25, -0.2) is 8.78 Å². The second-order valence-corrected chi connectivity index (χ2v) is 3.55. The Balaban J connectivity index is 2.69. The molecule has 1 atom stereocenters. The van der Waals surface area contributed by atoms with Crippen molar-refractivity contribution in [1.29, 1.82) is 0 Å². The molecule has 1 rings (SSSR count). The fraction of sp³-hybridized carbons (Fsp3) is 0.333. The van der Waals surface area contributed by atoms with E-state index in [1.807, 2.05) is 0 Å². The number of aliphatic hydroxyl groups is 1. The molecule has 0 heterocycles. The standard InChI is InChI=1S/C9H9BrF2O/c10-7-4-2-1-3-6(7)5-8(13)9(11)12/h1-4,8-9,13H,5H2. The topological polar surface area (TPSA) is 20.2 Å². The van der Waals surface area contributed by atoms with Crippen molar-refractivity contribution in [2.75, 3.05) is 0 Å². The number of halogens is 3. The van der Waals surface area contributed by atoms with Gasteiger partial charge in [0.15, 0.2) is 0 Å². The smallest absolute Gasteiger partial charge is 0.264 e. The zero-order chi connectivity index (χ0) is 9.84. The van der Waals surface area contributed by atoms with Gasteiger partial charge in [-0.3, -0.25) is 0 Å². The van der Waals surface area contributed by atoms with E-state index >= 15 is 0 Å². The lowest BCUT2D eigenvalue weighted by Gasteiger charge is -2.10. The maximum absolute atomic E-state index is 12.0. The van der Waals surface area contributed by atoms with Crippen molar-refractivity contribution in [2.45, 2.75) is 19.0 Å². The lowest BCUT2D eigenvalue weighted by molar-refractivity contribution is -0.00373. The van der Waals surface area contributed by atoms with Gasteiger partial charge in [-0.2, -0.15) is 0 Å². The quantitative estimate of drug-likeness (QED) is 0.875. The van der Waals surface area contributed by atoms with E-state index in [1.165, 1.54) is 0 Å². The molecule has 0 aromatic heterocycles. The minimum Gasteiger partial charge on any atom is -0.387 e. The number of aliphatic hydroxyl groups excluding tert-OH is 1. The van der Waals surface area contributed by atoms with Gasteiger partial charge in [-0.1, -0.05) is 34.1 Å². The molecule has 4 heteroatoms. The average Bonchev–Trinajstić information content (AvgIpc) is 2.08. The van der Waals surface area contributed by atoms with E-state index in [9.17, 15) is 8.78 Å². The third kappa shape index (κ3) is 3.04. The summed E-state index contributed by atoms with van der Waals surface area (Å²) < 4.78 is 24.7. The van der Waals surface area contributed by atoms with E-state index < -0.39 is 12.5 Å². The summed E-state index contributed by atoms with van der Waals surface area (Å²) in [6.07, 6.45) is -4.30. The molecular formula is C9H9BrF2O. The van der Waals surface area contributed by atoms with Gasteiger partial charge in [0.2, 0.25) is 0 Å². The minimum atomic E-state index is -2.69. The highest BCUT2D eigenvalue weighted by Crippen LogP contribution is 2.19. The van der Waals surface area contributed by atoms with E-state index in [4.69, 9.17) is 5.11 Å².